The van der Waals surface area contributed by atoms with Crippen LogP contribution in [0.15, 0.2) is 30.3 Å². The van der Waals surface area contributed by atoms with E-state index >= 15 is 0 Å². The molecular weight excluding hydrogens is 229 g/mol. The molecule has 0 amide bonds. The SMILES string of the molecule is O=CC(Cl)Cl.O=[N+]([O-])c1ccccc1. The van der Waals surface area contributed by atoms with Crippen molar-refractivity contribution in [3.8, 4) is 0 Å². The number of benzene rings is 1. The van der Waals surface area contributed by atoms with Crippen LogP contribution < -0.4 is 0 Å². The van der Waals surface area contributed by atoms with Gasteiger partial charge in [0.25, 0.3) is 5.69 Å². The van der Waals surface area contributed by atoms with E-state index in [1.165, 1.54) is 12.1 Å². The Bertz CT molecular complexity index is 290. The maximum atomic E-state index is 10.0. The van der Waals surface area contributed by atoms with Crippen LogP contribution in [-0.2, 0) is 4.79 Å². The number of para-hydroxylation sites is 1. The van der Waals surface area contributed by atoms with Crippen molar-refractivity contribution in [1.82, 2.24) is 0 Å². The summed E-state index contributed by atoms with van der Waals surface area (Å²) in [6.45, 7) is 0. The highest BCUT2D eigenvalue weighted by molar-refractivity contribution is 6.51. The van der Waals surface area contributed by atoms with E-state index in [9.17, 15) is 14.9 Å². The van der Waals surface area contributed by atoms with Gasteiger partial charge in [-0.25, -0.2) is 0 Å². The van der Waals surface area contributed by atoms with Gasteiger partial charge in [0.1, 0.15) is 0 Å². The zero-order chi connectivity index (χ0) is 11.0. The van der Waals surface area contributed by atoms with Crippen molar-refractivity contribution in [3.05, 3.63) is 40.4 Å². The molecule has 1 aromatic rings. The summed E-state index contributed by atoms with van der Waals surface area (Å²) in [6, 6.07) is 7.93. The lowest BCUT2D eigenvalue weighted by molar-refractivity contribution is -0.384. The highest BCUT2D eigenvalue weighted by atomic mass is 35.5. The summed E-state index contributed by atoms with van der Waals surface area (Å²) >= 11 is 9.72. The van der Waals surface area contributed by atoms with Crippen molar-refractivity contribution < 1.29 is 9.72 Å². The number of carbonyl (C=O) groups is 1. The van der Waals surface area contributed by atoms with Crippen LogP contribution in [0.4, 0.5) is 5.69 Å². The third-order valence-corrected chi connectivity index (χ3v) is 1.28. The summed E-state index contributed by atoms with van der Waals surface area (Å²) in [5.41, 5.74) is 0.137. The monoisotopic (exact) mass is 235 g/mol. The summed E-state index contributed by atoms with van der Waals surface area (Å²) in [5.74, 6) is 0. The zero-order valence-electron chi connectivity index (χ0n) is 6.97. The quantitative estimate of drug-likeness (QED) is 0.343. The molecule has 4 nitrogen and oxygen atoms in total. The smallest absolute Gasteiger partial charge is 0.269 e. The minimum Gasteiger partial charge on any atom is -0.300 e. The molecule has 0 aliphatic heterocycles. The van der Waals surface area contributed by atoms with E-state index < -0.39 is 9.76 Å². The Morgan fingerprint density at radius 3 is 1.93 bits per heavy atom. The first-order chi connectivity index (χ1) is 6.57. The predicted molar refractivity (Wildman–Crippen MR) is 54.7 cm³/mol. The second kappa shape index (κ2) is 7.29. The van der Waals surface area contributed by atoms with Gasteiger partial charge < -0.3 is 4.79 Å². The molecule has 76 valence electrons. The molecule has 0 radical (unpaired) electrons. The number of carbonyl (C=O) groups excluding carboxylic acids is 1. The average Bonchev–Trinajstić information content (AvgIpc) is 2.20. The normalized spacial score (nSPS) is 8.79. The molecule has 0 aliphatic rings. The minimum atomic E-state index is -0.852. The largest absolute Gasteiger partial charge is 0.300 e. The average molecular weight is 236 g/mol. The zero-order valence-corrected chi connectivity index (χ0v) is 8.48. The maximum Gasteiger partial charge on any atom is 0.269 e. The van der Waals surface area contributed by atoms with Crippen LogP contribution in [0.1, 0.15) is 0 Å². The first-order valence-corrected chi connectivity index (χ1v) is 4.38. The fourth-order valence-electron chi connectivity index (χ4n) is 0.550. The Balaban J connectivity index is 0.000000292. The van der Waals surface area contributed by atoms with E-state index in [2.05, 4.69) is 0 Å². The Labute approximate surface area is 90.6 Å². The van der Waals surface area contributed by atoms with Crippen molar-refractivity contribution in [3.63, 3.8) is 0 Å². The Hall–Kier alpha value is -1.13. The van der Waals surface area contributed by atoms with Crippen LogP contribution in [0.25, 0.3) is 0 Å². The molecule has 1 aromatic carbocycles. The fraction of sp³-hybridized carbons (Fsp3) is 0.125. The van der Waals surface area contributed by atoms with Crippen LogP contribution in [0.2, 0.25) is 0 Å². The van der Waals surface area contributed by atoms with Gasteiger partial charge in [-0.1, -0.05) is 41.4 Å². The van der Waals surface area contributed by atoms with Crippen molar-refractivity contribution >= 4 is 35.2 Å². The summed E-state index contributed by atoms with van der Waals surface area (Å²) in [4.78, 5) is 18.0. The number of hydrogen-bond acceptors (Lipinski definition) is 3. The number of nitro benzene ring substituents is 1. The van der Waals surface area contributed by atoms with Gasteiger partial charge in [-0.05, 0) is 0 Å². The maximum absolute atomic E-state index is 10.0. The van der Waals surface area contributed by atoms with Gasteiger partial charge in [-0.15, -0.1) is 0 Å². The molecule has 0 saturated carbocycles. The molecule has 0 unspecified atom stereocenters. The van der Waals surface area contributed by atoms with Gasteiger partial charge in [0.15, 0.2) is 11.1 Å². The van der Waals surface area contributed by atoms with E-state index in [1.807, 2.05) is 0 Å². The van der Waals surface area contributed by atoms with Crippen molar-refractivity contribution in [1.29, 1.82) is 0 Å². The molecule has 0 spiro atoms. The first kappa shape index (κ1) is 12.9. The molecule has 0 N–H and O–H groups in total. The van der Waals surface area contributed by atoms with Gasteiger partial charge in [-0.2, -0.15) is 0 Å². The molecule has 6 heteroatoms. The standard InChI is InChI=1S/C6H5NO2.C2H2Cl2O/c8-7(9)6-4-2-1-3-5-6;3-2(4)1-5/h1-5H;1-2H. The van der Waals surface area contributed by atoms with Gasteiger partial charge >= 0.3 is 0 Å². The van der Waals surface area contributed by atoms with E-state index in [4.69, 9.17) is 23.2 Å². The second-order valence-electron chi connectivity index (χ2n) is 2.06. The van der Waals surface area contributed by atoms with Crippen LogP contribution in [0.3, 0.4) is 0 Å². The number of nitrogens with zero attached hydrogens (tertiary/aromatic N) is 1. The molecular formula is C8H7Cl2NO3. The van der Waals surface area contributed by atoms with E-state index in [0.717, 1.165) is 0 Å². The molecule has 0 atom stereocenters. The highest BCUT2D eigenvalue weighted by Crippen LogP contribution is 2.06. The number of rotatable bonds is 2. The molecule has 14 heavy (non-hydrogen) atoms. The fourth-order valence-corrected chi connectivity index (χ4v) is 0.550. The summed E-state index contributed by atoms with van der Waals surface area (Å²) in [6.07, 6.45) is 0.448. The van der Waals surface area contributed by atoms with E-state index in [1.54, 1.807) is 18.2 Å². The molecule has 0 aromatic heterocycles. The van der Waals surface area contributed by atoms with E-state index in [0.29, 0.717) is 6.29 Å². The Morgan fingerprint density at radius 1 is 1.29 bits per heavy atom. The number of non-ortho nitro benzene ring substituents is 1. The van der Waals surface area contributed by atoms with Crippen LogP contribution in [-0.4, -0.2) is 16.0 Å². The molecule has 0 heterocycles. The molecule has 0 bridgehead atoms. The molecule has 0 aliphatic carbocycles. The third kappa shape index (κ3) is 6.39. The third-order valence-electron chi connectivity index (χ3n) is 1.07. The first-order valence-electron chi connectivity index (χ1n) is 3.50. The number of halogens is 2. The molecule has 0 saturated heterocycles. The van der Waals surface area contributed by atoms with Crippen LogP contribution >= 0.6 is 23.2 Å². The predicted octanol–water partition coefficient (Wildman–Crippen LogP) is 2.58. The summed E-state index contributed by atoms with van der Waals surface area (Å²) in [5, 5.41) is 10.0. The van der Waals surface area contributed by atoms with E-state index in [-0.39, 0.29) is 5.69 Å². The molecule has 0 fully saturated rings. The minimum absolute atomic E-state index is 0.137. The number of aldehydes is 1. The summed E-state index contributed by atoms with van der Waals surface area (Å²) < 4.78 is 0. The van der Waals surface area contributed by atoms with Gasteiger partial charge in [-0.3, -0.25) is 10.1 Å². The second-order valence-corrected chi connectivity index (χ2v) is 3.23. The van der Waals surface area contributed by atoms with Crippen LogP contribution in [0.5, 0.6) is 0 Å². The molecule has 1 rings (SSSR count). The summed E-state index contributed by atoms with van der Waals surface area (Å²) in [7, 11) is 0. The van der Waals surface area contributed by atoms with Gasteiger partial charge in [0, 0.05) is 12.1 Å². The number of alkyl halides is 2. The lowest BCUT2D eigenvalue weighted by atomic mass is 10.3. The van der Waals surface area contributed by atoms with Crippen molar-refractivity contribution in [2.75, 3.05) is 0 Å². The lowest BCUT2D eigenvalue weighted by Crippen LogP contribution is -1.84. The topological polar surface area (TPSA) is 60.2 Å². The Morgan fingerprint density at radius 2 is 1.71 bits per heavy atom. The van der Waals surface area contributed by atoms with Crippen LogP contribution in [0, 0.1) is 10.1 Å². The number of nitro groups is 1. The van der Waals surface area contributed by atoms with Gasteiger partial charge in [0.05, 0.1) is 4.92 Å². The van der Waals surface area contributed by atoms with Crippen molar-refractivity contribution in [2.24, 2.45) is 0 Å². The van der Waals surface area contributed by atoms with Crippen molar-refractivity contribution in [2.45, 2.75) is 4.84 Å². The lowest BCUT2D eigenvalue weighted by Gasteiger charge is -1.85. The Kier molecular flexibility index (Phi) is 6.70. The highest BCUT2D eigenvalue weighted by Gasteiger charge is 1.98. The number of hydrogen-bond donors (Lipinski definition) is 0. The van der Waals surface area contributed by atoms with Gasteiger partial charge in [0.2, 0.25) is 0 Å².